The summed E-state index contributed by atoms with van der Waals surface area (Å²) in [5.41, 5.74) is 1.85. The second kappa shape index (κ2) is 9.04. The van der Waals surface area contributed by atoms with E-state index in [1.54, 1.807) is 0 Å². The molecule has 7 heteroatoms. The topological polar surface area (TPSA) is 96.7 Å². The average Bonchev–Trinajstić information content (AvgIpc) is 2.65. The molecule has 25 heavy (non-hydrogen) atoms. The molecule has 1 aliphatic heterocycles. The fourth-order valence-corrected chi connectivity index (χ4v) is 3.07. The van der Waals surface area contributed by atoms with Crippen molar-refractivity contribution in [1.29, 1.82) is 5.26 Å². The number of nitrogens with zero attached hydrogens (tertiary/aromatic N) is 3. The van der Waals surface area contributed by atoms with E-state index in [1.807, 2.05) is 24.3 Å². The molecule has 0 aromatic heterocycles. The molecule has 7 nitrogen and oxygen atoms in total. The zero-order valence-corrected chi connectivity index (χ0v) is 14.4. The van der Waals surface area contributed by atoms with Crippen molar-refractivity contribution in [3.63, 3.8) is 0 Å². The Hall–Kier alpha value is -2.59. The molecular formula is C18H24N4O3. The molecule has 1 heterocycles. The van der Waals surface area contributed by atoms with Crippen LogP contribution in [0.5, 0.6) is 0 Å². The maximum atomic E-state index is 11.5. The van der Waals surface area contributed by atoms with Gasteiger partial charge in [0.2, 0.25) is 5.91 Å². The Morgan fingerprint density at radius 1 is 1.32 bits per heavy atom. The highest BCUT2D eigenvalue weighted by atomic mass is 16.4. The van der Waals surface area contributed by atoms with Crippen molar-refractivity contribution in [1.82, 2.24) is 15.1 Å². The van der Waals surface area contributed by atoms with E-state index in [4.69, 9.17) is 5.26 Å². The van der Waals surface area contributed by atoms with Crippen LogP contribution in [0.25, 0.3) is 0 Å². The number of rotatable bonds is 6. The zero-order valence-electron chi connectivity index (χ0n) is 14.4. The molecule has 1 fully saturated rings. The smallest absolute Gasteiger partial charge is 0.408 e. The van der Waals surface area contributed by atoms with E-state index in [1.165, 1.54) is 17.5 Å². The summed E-state index contributed by atoms with van der Waals surface area (Å²) >= 11 is 0. The maximum absolute atomic E-state index is 11.5. The summed E-state index contributed by atoms with van der Waals surface area (Å²) < 4.78 is 0. The van der Waals surface area contributed by atoms with Crippen molar-refractivity contribution in [2.75, 3.05) is 33.2 Å². The number of hydrogen-bond donors (Lipinski definition) is 2. The van der Waals surface area contributed by atoms with Gasteiger partial charge in [-0.15, -0.1) is 0 Å². The molecule has 0 saturated carbocycles. The molecule has 0 unspecified atom stereocenters. The molecule has 1 aromatic rings. The van der Waals surface area contributed by atoms with Gasteiger partial charge < -0.3 is 15.3 Å². The number of carbonyl (C=O) groups excluding carboxylic acids is 1. The third kappa shape index (κ3) is 5.47. The Balaban J connectivity index is 1.80. The van der Waals surface area contributed by atoms with E-state index in [2.05, 4.69) is 16.3 Å². The van der Waals surface area contributed by atoms with E-state index in [-0.39, 0.29) is 18.5 Å². The molecule has 2 rings (SSSR count). The lowest BCUT2D eigenvalue weighted by Crippen LogP contribution is -2.50. The van der Waals surface area contributed by atoms with Gasteiger partial charge in [0.25, 0.3) is 0 Å². The van der Waals surface area contributed by atoms with Crippen molar-refractivity contribution in [3.8, 4) is 6.07 Å². The molecule has 1 saturated heterocycles. The summed E-state index contributed by atoms with van der Waals surface area (Å²) in [5, 5.41) is 20.6. The van der Waals surface area contributed by atoms with Crippen molar-refractivity contribution < 1.29 is 14.7 Å². The summed E-state index contributed by atoms with van der Waals surface area (Å²) in [6, 6.07) is 9.60. The highest BCUT2D eigenvalue weighted by molar-refractivity contribution is 5.81. The highest BCUT2D eigenvalue weighted by Crippen LogP contribution is 2.17. The van der Waals surface area contributed by atoms with Gasteiger partial charge in [-0.2, -0.15) is 5.26 Å². The molecule has 1 aliphatic rings. The van der Waals surface area contributed by atoms with Crippen LogP contribution < -0.4 is 5.32 Å². The zero-order chi connectivity index (χ0) is 18.2. The second-order valence-electron chi connectivity index (χ2n) is 6.22. The van der Waals surface area contributed by atoms with E-state index in [0.29, 0.717) is 5.56 Å². The van der Waals surface area contributed by atoms with Crippen LogP contribution in [0.4, 0.5) is 4.79 Å². The van der Waals surface area contributed by atoms with Crippen LogP contribution >= 0.6 is 0 Å². The van der Waals surface area contributed by atoms with Crippen LogP contribution in [0.1, 0.15) is 24.0 Å². The fourth-order valence-electron chi connectivity index (χ4n) is 3.07. The van der Waals surface area contributed by atoms with Crippen LogP contribution in [-0.4, -0.2) is 66.2 Å². The summed E-state index contributed by atoms with van der Waals surface area (Å²) in [6.45, 7) is 2.43. The summed E-state index contributed by atoms with van der Waals surface area (Å²) in [6.07, 6.45) is 1.32. The monoisotopic (exact) mass is 344 g/mol. The predicted octanol–water partition coefficient (Wildman–Crippen LogP) is 1.29. The van der Waals surface area contributed by atoms with Gasteiger partial charge in [-0.1, -0.05) is 12.1 Å². The number of hydrogen-bond acceptors (Lipinski definition) is 4. The van der Waals surface area contributed by atoms with Crippen molar-refractivity contribution in [3.05, 3.63) is 35.4 Å². The number of piperidine rings is 1. The first-order valence-electron chi connectivity index (χ1n) is 8.45. The maximum Gasteiger partial charge on any atom is 0.408 e. The Morgan fingerprint density at radius 2 is 1.96 bits per heavy atom. The molecule has 2 amide bonds. The first kappa shape index (κ1) is 18.7. The first-order chi connectivity index (χ1) is 12.0. The fraction of sp³-hybridized carbons (Fsp3) is 0.500. The van der Waals surface area contributed by atoms with Crippen LogP contribution in [0, 0.1) is 11.3 Å². The van der Waals surface area contributed by atoms with Gasteiger partial charge in [-0.3, -0.25) is 9.69 Å². The molecule has 134 valence electrons. The lowest BCUT2D eigenvalue weighted by Gasteiger charge is -2.36. The Morgan fingerprint density at radius 3 is 2.48 bits per heavy atom. The van der Waals surface area contributed by atoms with Crippen LogP contribution in [0.2, 0.25) is 0 Å². The molecule has 0 bridgehead atoms. The summed E-state index contributed by atoms with van der Waals surface area (Å²) in [7, 11) is 1.51. The second-order valence-corrected chi connectivity index (χ2v) is 6.22. The molecule has 0 radical (unpaired) electrons. The van der Waals surface area contributed by atoms with Crippen molar-refractivity contribution in [2.24, 2.45) is 0 Å². The molecule has 0 aliphatic carbocycles. The number of nitrogens with one attached hydrogen (secondary N) is 1. The minimum absolute atomic E-state index is 0.109. The average molecular weight is 344 g/mol. The van der Waals surface area contributed by atoms with E-state index < -0.39 is 6.09 Å². The van der Waals surface area contributed by atoms with E-state index in [0.717, 1.165) is 38.9 Å². The number of likely N-dealkylation sites (N-methyl/N-ethyl adjacent to an activating group) is 1. The number of carboxylic acid groups (broad SMARTS) is 1. The molecule has 0 atom stereocenters. The predicted molar refractivity (Wildman–Crippen MR) is 93.1 cm³/mol. The third-order valence-electron chi connectivity index (χ3n) is 4.64. The van der Waals surface area contributed by atoms with E-state index >= 15 is 0 Å². The highest BCUT2D eigenvalue weighted by Gasteiger charge is 2.28. The number of benzene rings is 1. The Bertz CT molecular complexity index is 631. The number of amides is 2. The molecule has 1 aromatic carbocycles. The standard InChI is InChI=1S/C18H24N4O3/c1-20-17(23)13-22(18(24)25)16-7-10-21(11-8-16)9-6-14-2-4-15(12-19)5-3-14/h2-5,16H,6-11,13H2,1H3,(H,20,23)(H,24,25). The minimum atomic E-state index is -1.04. The number of carbonyl (C=O) groups is 2. The van der Waals surface area contributed by atoms with Crippen molar-refractivity contribution in [2.45, 2.75) is 25.3 Å². The van der Waals surface area contributed by atoms with Crippen LogP contribution in [-0.2, 0) is 11.2 Å². The molecule has 2 N–H and O–H groups in total. The van der Waals surface area contributed by atoms with Gasteiger partial charge in [-0.05, 0) is 37.0 Å². The lowest BCUT2D eigenvalue weighted by atomic mass is 10.0. The number of nitriles is 1. The minimum Gasteiger partial charge on any atom is -0.465 e. The van der Waals surface area contributed by atoms with E-state index in [9.17, 15) is 14.7 Å². The molecular weight excluding hydrogens is 320 g/mol. The quantitative estimate of drug-likeness (QED) is 0.810. The molecule has 0 spiro atoms. The summed E-state index contributed by atoms with van der Waals surface area (Å²) in [5.74, 6) is -0.286. The van der Waals surface area contributed by atoms with Gasteiger partial charge >= 0.3 is 6.09 Å². The van der Waals surface area contributed by atoms with Gasteiger partial charge in [-0.25, -0.2) is 4.79 Å². The van der Waals surface area contributed by atoms with Crippen LogP contribution in [0.3, 0.4) is 0 Å². The third-order valence-corrected chi connectivity index (χ3v) is 4.64. The van der Waals surface area contributed by atoms with Gasteiger partial charge in [0, 0.05) is 32.7 Å². The lowest BCUT2D eigenvalue weighted by molar-refractivity contribution is -0.122. The van der Waals surface area contributed by atoms with Crippen LogP contribution in [0.15, 0.2) is 24.3 Å². The van der Waals surface area contributed by atoms with Gasteiger partial charge in [0.1, 0.15) is 6.54 Å². The Labute approximate surface area is 147 Å². The first-order valence-corrected chi connectivity index (χ1v) is 8.45. The van der Waals surface area contributed by atoms with Gasteiger partial charge in [0.05, 0.1) is 11.6 Å². The SMILES string of the molecule is CNC(=O)CN(C(=O)O)C1CCN(CCc2ccc(C#N)cc2)CC1. The van der Waals surface area contributed by atoms with Crippen molar-refractivity contribution >= 4 is 12.0 Å². The normalized spacial score (nSPS) is 15.4. The summed E-state index contributed by atoms with van der Waals surface area (Å²) in [4.78, 5) is 26.5. The Kier molecular flexibility index (Phi) is 6.78. The number of likely N-dealkylation sites (tertiary alicyclic amines) is 1. The van der Waals surface area contributed by atoms with Gasteiger partial charge in [0.15, 0.2) is 0 Å². The largest absolute Gasteiger partial charge is 0.465 e.